The molecule has 1 aliphatic heterocycles. The minimum Gasteiger partial charge on any atom is -0.378 e. The van der Waals surface area contributed by atoms with Gasteiger partial charge in [-0.15, -0.1) is 0 Å². The van der Waals surface area contributed by atoms with Crippen LogP contribution in [0.4, 0.5) is 5.69 Å². The Morgan fingerprint density at radius 1 is 0.815 bits per heavy atom. The number of hydrogen-bond acceptors (Lipinski definition) is 3. The van der Waals surface area contributed by atoms with Gasteiger partial charge in [-0.25, -0.2) is 0 Å². The standard InChI is InChI=1S/C22H27N3O2/c1-17-7-4-8-18(15-17)21(26)24-11-6-12-25(14-13-24)22(27)19-9-5-10-20(16-19)23(2)3/h4-5,7-10,15-16H,6,11-14H2,1-3H3. The van der Waals surface area contributed by atoms with Crippen molar-refractivity contribution < 1.29 is 9.59 Å². The van der Waals surface area contributed by atoms with E-state index < -0.39 is 0 Å². The Bertz CT molecular complexity index is 832. The molecule has 0 atom stereocenters. The fourth-order valence-electron chi connectivity index (χ4n) is 3.38. The highest BCUT2D eigenvalue weighted by Crippen LogP contribution is 2.17. The van der Waals surface area contributed by atoms with Gasteiger partial charge in [0.15, 0.2) is 0 Å². The van der Waals surface area contributed by atoms with E-state index in [1.165, 1.54) is 0 Å². The fraction of sp³-hybridized carbons (Fsp3) is 0.364. The number of rotatable bonds is 3. The average Bonchev–Trinajstić information content (AvgIpc) is 2.93. The number of nitrogens with zero attached hydrogens (tertiary/aromatic N) is 3. The van der Waals surface area contributed by atoms with Gasteiger partial charge in [-0.2, -0.15) is 0 Å². The first kappa shape index (κ1) is 19.0. The Morgan fingerprint density at radius 3 is 1.93 bits per heavy atom. The third kappa shape index (κ3) is 4.48. The summed E-state index contributed by atoms with van der Waals surface area (Å²) in [4.78, 5) is 31.4. The van der Waals surface area contributed by atoms with E-state index >= 15 is 0 Å². The monoisotopic (exact) mass is 365 g/mol. The van der Waals surface area contributed by atoms with E-state index in [2.05, 4.69) is 0 Å². The Morgan fingerprint density at radius 2 is 1.37 bits per heavy atom. The van der Waals surface area contributed by atoms with Gasteiger partial charge in [-0.1, -0.05) is 23.8 Å². The van der Waals surface area contributed by atoms with Gasteiger partial charge in [-0.05, 0) is 43.7 Å². The molecule has 1 heterocycles. The maximum atomic E-state index is 12.9. The van der Waals surface area contributed by atoms with Crippen molar-refractivity contribution in [3.05, 3.63) is 65.2 Å². The van der Waals surface area contributed by atoms with Gasteiger partial charge in [0.05, 0.1) is 0 Å². The minimum absolute atomic E-state index is 0.0311. The van der Waals surface area contributed by atoms with Crippen LogP contribution in [0.1, 0.15) is 32.7 Å². The number of carbonyl (C=O) groups excluding carboxylic acids is 2. The molecule has 27 heavy (non-hydrogen) atoms. The SMILES string of the molecule is Cc1cccc(C(=O)N2CCCN(C(=O)c3cccc(N(C)C)c3)CC2)c1. The van der Waals surface area contributed by atoms with Crippen molar-refractivity contribution in [2.75, 3.05) is 45.2 Å². The Labute approximate surface area is 161 Å². The number of amides is 2. The van der Waals surface area contributed by atoms with E-state index in [0.29, 0.717) is 37.3 Å². The molecule has 1 saturated heterocycles. The van der Waals surface area contributed by atoms with Crippen molar-refractivity contribution in [1.82, 2.24) is 9.80 Å². The minimum atomic E-state index is 0.0311. The van der Waals surface area contributed by atoms with Crippen molar-refractivity contribution in [1.29, 1.82) is 0 Å². The second-order valence-electron chi connectivity index (χ2n) is 7.25. The van der Waals surface area contributed by atoms with E-state index in [9.17, 15) is 9.59 Å². The molecule has 0 aromatic heterocycles. The Hall–Kier alpha value is -2.82. The molecule has 1 aliphatic rings. The zero-order valence-corrected chi connectivity index (χ0v) is 16.3. The van der Waals surface area contributed by atoms with Crippen LogP contribution in [0.2, 0.25) is 0 Å². The second kappa shape index (κ2) is 8.25. The predicted molar refractivity (Wildman–Crippen MR) is 108 cm³/mol. The predicted octanol–water partition coefficient (Wildman–Crippen LogP) is 3.05. The molecule has 142 valence electrons. The van der Waals surface area contributed by atoms with Crippen LogP contribution in [0.5, 0.6) is 0 Å². The summed E-state index contributed by atoms with van der Waals surface area (Å²) in [5.41, 5.74) is 3.49. The highest BCUT2D eigenvalue weighted by Gasteiger charge is 2.23. The van der Waals surface area contributed by atoms with Crippen molar-refractivity contribution in [2.24, 2.45) is 0 Å². The number of carbonyl (C=O) groups is 2. The van der Waals surface area contributed by atoms with Crippen LogP contribution in [0.25, 0.3) is 0 Å². The van der Waals surface area contributed by atoms with Crippen LogP contribution >= 0.6 is 0 Å². The van der Waals surface area contributed by atoms with Crippen molar-refractivity contribution in [3.63, 3.8) is 0 Å². The maximum Gasteiger partial charge on any atom is 0.253 e. The molecule has 2 aromatic rings. The molecule has 1 fully saturated rings. The van der Waals surface area contributed by atoms with Crippen LogP contribution in [0.3, 0.4) is 0 Å². The summed E-state index contributed by atoms with van der Waals surface area (Å²) in [6, 6.07) is 15.3. The van der Waals surface area contributed by atoms with Gasteiger partial charge in [0.25, 0.3) is 11.8 Å². The molecule has 0 bridgehead atoms. The second-order valence-corrected chi connectivity index (χ2v) is 7.25. The Kier molecular flexibility index (Phi) is 5.79. The summed E-state index contributed by atoms with van der Waals surface area (Å²) in [5.74, 6) is 0.0751. The molecule has 2 amide bonds. The fourth-order valence-corrected chi connectivity index (χ4v) is 3.38. The molecule has 3 rings (SSSR count). The van der Waals surface area contributed by atoms with E-state index in [-0.39, 0.29) is 11.8 Å². The maximum absolute atomic E-state index is 12.9. The van der Waals surface area contributed by atoms with Gasteiger partial charge in [0.1, 0.15) is 0 Å². The van der Waals surface area contributed by atoms with Gasteiger partial charge in [0.2, 0.25) is 0 Å². The Balaban J connectivity index is 1.68. The summed E-state index contributed by atoms with van der Waals surface area (Å²) in [7, 11) is 3.93. The van der Waals surface area contributed by atoms with Gasteiger partial charge < -0.3 is 14.7 Å². The molecule has 2 aromatic carbocycles. The van der Waals surface area contributed by atoms with Gasteiger partial charge >= 0.3 is 0 Å². The number of benzene rings is 2. The lowest BCUT2D eigenvalue weighted by Crippen LogP contribution is -2.37. The first-order chi connectivity index (χ1) is 13.0. The first-order valence-electron chi connectivity index (χ1n) is 9.38. The number of hydrogen-bond donors (Lipinski definition) is 0. The molecule has 0 N–H and O–H groups in total. The molecular formula is C22H27N3O2. The van der Waals surface area contributed by atoms with E-state index in [0.717, 1.165) is 17.7 Å². The molecule has 5 nitrogen and oxygen atoms in total. The van der Waals surface area contributed by atoms with Crippen molar-refractivity contribution >= 4 is 17.5 Å². The van der Waals surface area contributed by atoms with Crippen molar-refractivity contribution in [3.8, 4) is 0 Å². The smallest absolute Gasteiger partial charge is 0.253 e. The molecular weight excluding hydrogens is 338 g/mol. The summed E-state index contributed by atoms with van der Waals surface area (Å²) < 4.78 is 0. The van der Waals surface area contributed by atoms with Gasteiger partial charge in [0, 0.05) is 57.1 Å². The highest BCUT2D eigenvalue weighted by atomic mass is 16.2. The molecule has 0 aliphatic carbocycles. The van der Waals surface area contributed by atoms with Crippen LogP contribution in [-0.2, 0) is 0 Å². The lowest BCUT2D eigenvalue weighted by molar-refractivity contribution is 0.0719. The van der Waals surface area contributed by atoms with E-state index in [1.807, 2.05) is 84.2 Å². The zero-order valence-electron chi connectivity index (χ0n) is 16.3. The lowest BCUT2D eigenvalue weighted by Gasteiger charge is -2.23. The van der Waals surface area contributed by atoms with Crippen LogP contribution < -0.4 is 4.90 Å². The summed E-state index contributed by atoms with van der Waals surface area (Å²) in [6.07, 6.45) is 0.788. The first-order valence-corrected chi connectivity index (χ1v) is 9.38. The molecule has 0 spiro atoms. The van der Waals surface area contributed by atoms with Crippen LogP contribution in [-0.4, -0.2) is 61.9 Å². The summed E-state index contributed by atoms with van der Waals surface area (Å²) >= 11 is 0. The highest BCUT2D eigenvalue weighted by molar-refractivity contribution is 5.96. The van der Waals surface area contributed by atoms with Crippen molar-refractivity contribution in [2.45, 2.75) is 13.3 Å². The molecule has 5 heteroatoms. The third-order valence-corrected chi connectivity index (χ3v) is 4.94. The zero-order chi connectivity index (χ0) is 19.4. The van der Waals surface area contributed by atoms with Crippen LogP contribution in [0.15, 0.2) is 48.5 Å². The normalized spacial score (nSPS) is 14.6. The van der Waals surface area contributed by atoms with Gasteiger partial charge in [-0.3, -0.25) is 9.59 Å². The molecule has 0 radical (unpaired) electrons. The lowest BCUT2D eigenvalue weighted by atomic mass is 10.1. The van der Waals surface area contributed by atoms with Crippen LogP contribution in [0, 0.1) is 6.92 Å². The molecule has 0 saturated carbocycles. The topological polar surface area (TPSA) is 43.9 Å². The van der Waals surface area contributed by atoms with E-state index in [4.69, 9.17) is 0 Å². The summed E-state index contributed by atoms with van der Waals surface area (Å²) in [5, 5.41) is 0. The molecule has 0 unspecified atom stereocenters. The summed E-state index contributed by atoms with van der Waals surface area (Å²) in [6.45, 7) is 4.45. The third-order valence-electron chi connectivity index (χ3n) is 4.94. The quantitative estimate of drug-likeness (QED) is 0.840. The number of anilines is 1. The number of aryl methyl sites for hydroxylation is 1. The average molecular weight is 365 g/mol. The van der Waals surface area contributed by atoms with E-state index in [1.54, 1.807) is 0 Å². The largest absolute Gasteiger partial charge is 0.378 e.